The maximum atomic E-state index is 13.1. The van der Waals surface area contributed by atoms with Crippen molar-refractivity contribution < 1.29 is 19.4 Å². The molecular formula is C25H21ClN2O4. The molecule has 162 valence electrons. The molecule has 0 aliphatic carbocycles. The Balaban J connectivity index is 1.90. The summed E-state index contributed by atoms with van der Waals surface area (Å²) in [4.78, 5) is 31.6. The third-order valence-corrected chi connectivity index (χ3v) is 5.54. The number of carbonyl (C=O) groups excluding carboxylic acids is 2. The van der Waals surface area contributed by atoms with E-state index in [-0.39, 0.29) is 11.3 Å². The third kappa shape index (κ3) is 3.85. The number of ketones is 1. The van der Waals surface area contributed by atoms with Crippen molar-refractivity contribution in [1.29, 1.82) is 0 Å². The molecule has 4 rings (SSSR count). The number of anilines is 1. The Labute approximate surface area is 190 Å². The highest BCUT2D eigenvalue weighted by atomic mass is 35.5. The van der Waals surface area contributed by atoms with Gasteiger partial charge in [0.25, 0.3) is 11.7 Å². The molecule has 0 radical (unpaired) electrons. The van der Waals surface area contributed by atoms with Crippen LogP contribution in [0.5, 0.6) is 5.75 Å². The maximum absolute atomic E-state index is 13.1. The minimum absolute atomic E-state index is 0.00438. The summed E-state index contributed by atoms with van der Waals surface area (Å²) in [6.45, 7) is 4.25. The van der Waals surface area contributed by atoms with Crippen LogP contribution >= 0.6 is 11.6 Å². The molecule has 1 aromatic heterocycles. The number of aliphatic hydroxyl groups is 1. The van der Waals surface area contributed by atoms with E-state index in [1.165, 1.54) is 4.90 Å². The predicted octanol–water partition coefficient (Wildman–Crippen LogP) is 5.07. The number of carbonyl (C=O) groups is 2. The first-order valence-corrected chi connectivity index (χ1v) is 10.5. The van der Waals surface area contributed by atoms with Crippen molar-refractivity contribution in [1.82, 2.24) is 4.98 Å². The van der Waals surface area contributed by atoms with Crippen LogP contribution in [0.15, 0.2) is 72.6 Å². The largest absolute Gasteiger partial charge is 0.507 e. The smallest absolute Gasteiger partial charge is 0.300 e. The Morgan fingerprint density at radius 2 is 1.88 bits per heavy atom. The van der Waals surface area contributed by atoms with Crippen LogP contribution in [0.3, 0.4) is 0 Å². The van der Waals surface area contributed by atoms with Gasteiger partial charge in [0.2, 0.25) is 0 Å². The second-order valence-electron chi connectivity index (χ2n) is 7.34. The van der Waals surface area contributed by atoms with Gasteiger partial charge in [-0.3, -0.25) is 19.5 Å². The van der Waals surface area contributed by atoms with Gasteiger partial charge in [-0.05, 0) is 73.5 Å². The molecule has 7 heteroatoms. The molecule has 3 aromatic rings. The van der Waals surface area contributed by atoms with Gasteiger partial charge in [0, 0.05) is 28.7 Å². The highest BCUT2D eigenvalue weighted by Gasteiger charge is 2.47. The summed E-state index contributed by atoms with van der Waals surface area (Å²) in [6, 6.07) is 14.4. The molecule has 1 N–H and O–H groups in total. The molecule has 1 aliphatic heterocycles. The summed E-state index contributed by atoms with van der Waals surface area (Å²) in [5.41, 5.74) is 2.34. The fourth-order valence-corrected chi connectivity index (χ4v) is 4.04. The van der Waals surface area contributed by atoms with Crippen molar-refractivity contribution in [3.8, 4) is 5.75 Å². The van der Waals surface area contributed by atoms with Gasteiger partial charge in [-0.15, -0.1) is 0 Å². The summed E-state index contributed by atoms with van der Waals surface area (Å²) in [5, 5.41) is 11.6. The van der Waals surface area contributed by atoms with Crippen LogP contribution in [0.4, 0.5) is 5.69 Å². The van der Waals surface area contributed by atoms with E-state index in [9.17, 15) is 14.7 Å². The number of halogens is 1. The number of pyridine rings is 1. The van der Waals surface area contributed by atoms with Crippen LogP contribution in [0.2, 0.25) is 5.02 Å². The first kappa shape index (κ1) is 21.6. The number of Topliss-reactive ketones (excluding diaryl/α,β-unsaturated/α-hetero) is 1. The molecule has 1 saturated heterocycles. The molecule has 0 bridgehead atoms. The lowest BCUT2D eigenvalue weighted by Gasteiger charge is -2.25. The fraction of sp³-hybridized carbons (Fsp3) is 0.160. The Bertz CT molecular complexity index is 1220. The standard InChI is InChI=1S/C25H21ClN2O4/c1-3-32-20-8-7-17(13-15(20)2)23(29)21-22(16-9-11-27-12-10-16)28(25(31)24(21)30)19-6-4-5-18(26)14-19/h4-14,22,29H,3H2,1-2H3/b23-21+. The van der Waals surface area contributed by atoms with E-state index < -0.39 is 17.7 Å². The number of amides is 1. The van der Waals surface area contributed by atoms with Crippen LogP contribution < -0.4 is 9.64 Å². The van der Waals surface area contributed by atoms with E-state index >= 15 is 0 Å². The molecule has 6 nitrogen and oxygen atoms in total. The monoisotopic (exact) mass is 448 g/mol. The molecule has 1 aliphatic rings. The number of aromatic nitrogens is 1. The van der Waals surface area contributed by atoms with Crippen molar-refractivity contribution in [3.05, 3.63) is 94.3 Å². The van der Waals surface area contributed by atoms with Gasteiger partial charge in [0.1, 0.15) is 11.5 Å². The summed E-state index contributed by atoms with van der Waals surface area (Å²) in [6.07, 6.45) is 3.16. The Hall–Kier alpha value is -3.64. The van der Waals surface area contributed by atoms with Crippen molar-refractivity contribution in [2.75, 3.05) is 11.5 Å². The van der Waals surface area contributed by atoms with E-state index in [0.717, 1.165) is 5.56 Å². The van der Waals surface area contributed by atoms with E-state index in [1.54, 1.807) is 67.0 Å². The average molecular weight is 449 g/mol. The number of hydrogen-bond donors (Lipinski definition) is 1. The van der Waals surface area contributed by atoms with Crippen molar-refractivity contribution in [2.24, 2.45) is 0 Å². The Morgan fingerprint density at radius 1 is 1.12 bits per heavy atom. The van der Waals surface area contributed by atoms with Crippen molar-refractivity contribution >= 4 is 34.7 Å². The average Bonchev–Trinajstić information content (AvgIpc) is 3.06. The molecule has 2 heterocycles. The highest BCUT2D eigenvalue weighted by molar-refractivity contribution is 6.51. The zero-order chi connectivity index (χ0) is 22.8. The molecule has 0 saturated carbocycles. The van der Waals surface area contributed by atoms with E-state index in [4.69, 9.17) is 16.3 Å². The second kappa shape index (κ2) is 8.85. The predicted molar refractivity (Wildman–Crippen MR) is 123 cm³/mol. The summed E-state index contributed by atoms with van der Waals surface area (Å²) < 4.78 is 5.57. The summed E-state index contributed by atoms with van der Waals surface area (Å²) in [7, 11) is 0. The van der Waals surface area contributed by atoms with Gasteiger partial charge >= 0.3 is 0 Å². The van der Waals surface area contributed by atoms with Gasteiger partial charge in [0.05, 0.1) is 18.2 Å². The number of rotatable bonds is 5. The molecule has 2 aromatic carbocycles. The molecular weight excluding hydrogens is 428 g/mol. The molecule has 1 amide bonds. The summed E-state index contributed by atoms with van der Waals surface area (Å²) in [5.74, 6) is -1.07. The minimum Gasteiger partial charge on any atom is -0.507 e. The highest BCUT2D eigenvalue weighted by Crippen LogP contribution is 2.42. The molecule has 1 atom stereocenters. The molecule has 1 fully saturated rings. The zero-order valence-electron chi connectivity index (χ0n) is 17.6. The number of aryl methyl sites for hydroxylation is 1. The lowest BCUT2D eigenvalue weighted by atomic mass is 9.95. The normalized spacial score (nSPS) is 17.6. The zero-order valence-corrected chi connectivity index (χ0v) is 18.3. The molecule has 1 unspecified atom stereocenters. The van der Waals surface area contributed by atoms with Crippen molar-refractivity contribution in [3.63, 3.8) is 0 Å². The van der Waals surface area contributed by atoms with E-state index in [2.05, 4.69) is 4.98 Å². The lowest BCUT2D eigenvalue weighted by molar-refractivity contribution is -0.132. The van der Waals surface area contributed by atoms with E-state index in [0.29, 0.717) is 34.2 Å². The quantitative estimate of drug-likeness (QED) is 0.335. The van der Waals surface area contributed by atoms with Crippen LogP contribution in [-0.4, -0.2) is 28.4 Å². The fourth-order valence-electron chi connectivity index (χ4n) is 3.86. The van der Waals surface area contributed by atoms with Crippen LogP contribution in [0.1, 0.15) is 29.7 Å². The van der Waals surface area contributed by atoms with Crippen LogP contribution in [0.25, 0.3) is 5.76 Å². The molecule has 0 spiro atoms. The van der Waals surface area contributed by atoms with Gasteiger partial charge in [0.15, 0.2) is 0 Å². The van der Waals surface area contributed by atoms with Crippen LogP contribution in [0, 0.1) is 6.92 Å². The lowest BCUT2D eigenvalue weighted by Crippen LogP contribution is -2.29. The number of hydrogen-bond acceptors (Lipinski definition) is 5. The van der Waals surface area contributed by atoms with E-state index in [1.807, 2.05) is 13.8 Å². The van der Waals surface area contributed by atoms with Gasteiger partial charge in [-0.2, -0.15) is 0 Å². The van der Waals surface area contributed by atoms with Crippen LogP contribution in [-0.2, 0) is 9.59 Å². The van der Waals surface area contributed by atoms with Crippen molar-refractivity contribution in [2.45, 2.75) is 19.9 Å². The first-order valence-electron chi connectivity index (χ1n) is 10.1. The molecule has 32 heavy (non-hydrogen) atoms. The van der Waals surface area contributed by atoms with Gasteiger partial charge in [-0.25, -0.2) is 0 Å². The number of nitrogens with zero attached hydrogens (tertiary/aromatic N) is 2. The topological polar surface area (TPSA) is 79.7 Å². The number of ether oxygens (including phenoxy) is 1. The third-order valence-electron chi connectivity index (χ3n) is 5.30. The minimum atomic E-state index is -0.830. The Kier molecular flexibility index (Phi) is 5.97. The number of benzene rings is 2. The second-order valence-corrected chi connectivity index (χ2v) is 7.78. The number of aliphatic hydroxyl groups excluding tert-OH is 1. The van der Waals surface area contributed by atoms with Gasteiger partial charge < -0.3 is 9.84 Å². The first-order chi connectivity index (χ1) is 15.4. The SMILES string of the molecule is CCOc1ccc(/C(O)=C2\C(=O)C(=O)N(c3cccc(Cl)c3)C2c2ccncc2)cc1C. The maximum Gasteiger partial charge on any atom is 0.300 e. The van der Waals surface area contributed by atoms with Gasteiger partial charge in [-0.1, -0.05) is 17.7 Å². The Morgan fingerprint density at radius 3 is 2.53 bits per heavy atom. The summed E-state index contributed by atoms with van der Waals surface area (Å²) >= 11 is 6.15.